The number of nitrogens with one attached hydrogen (secondary N) is 1. The molecule has 2 heterocycles. The summed E-state index contributed by atoms with van der Waals surface area (Å²) in [5.41, 5.74) is 1.38. The van der Waals surface area contributed by atoms with Crippen LogP contribution >= 0.6 is 11.3 Å². The molecule has 1 saturated heterocycles. The average molecular weight is 252 g/mol. The van der Waals surface area contributed by atoms with Crippen LogP contribution in [0.25, 0.3) is 0 Å². The van der Waals surface area contributed by atoms with Gasteiger partial charge in [0.05, 0.1) is 12.6 Å². The van der Waals surface area contributed by atoms with E-state index < -0.39 is 0 Å². The van der Waals surface area contributed by atoms with Gasteiger partial charge in [-0.05, 0) is 43.3 Å². The highest BCUT2D eigenvalue weighted by atomic mass is 32.1. The number of rotatable bonds is 4. The lowest BCUT2D eigenvalue weighted by Gasteiger charge is -2.32. The number of amides is 1. The molecule has 1 atom stereocenters. The summed E-state index contributed by atoms with van der Waals surface area (Å²) in [5.74, 6) is 0.259. The van der Waals surface area contributed by atoms with E-state index in [2.05, 4.69) is 23.7 Å². The molecule has 17 heavy (non-hydrogen) atoms. The number of hydrogen-bond donors (Lipinski definition) is 1. The van der Waals surface area contributed by atoms with Crippen molar-refractivity contribution in [1.82, 2.24) is 10.2 Å². The van der Waals surface area contributed by atoms with Gasteiger partial charge in [-0.3, -0.25) is 4.79 Å². The van der Waals surface area contributed by atoms with Crippen LogP contribution in [0.3, 0.4) is 0 Å². The van der Waals surface area contributed by atoms with Crippen molar-refractivity contribution >= 4 is 17.2 Å². The molecule has 0 saturated carbocycles. The van der Waals surface area contributed by atoms with Crippen molar-refractivity contribution in [3.05, 3.63) is 21.9 Å². The molecular formula is C13H20N2OS. The summed E-state index contributed by atoms with van der Waals surface area (Å²) in [5, 5.41) is 5.23. The highest BCUT2D eigenvalue weighted by Crippen LogP contribution is 2.22. The smallest absolute Gasteiger partial charge is 0.240 e. The minimum atomic E-state index is 0.0220. The van der Waals surface area contributed by atoms with Gasteiger partial charge in [0, 0.05) is 11.4 Å². The molecular weight excluding hydrogens is 232 g/mol. The Kier molecular flexibility index (Phi) is 4.18. The second-order valence-corrected chi connectivity index (χ2v) is 5.47. The lowest BCUT2D eigenvalue weighted by atomic mass is 10.0. The Morgan fingerprint density at radius 1 is 1.59 bits per heavy atom. The third-order valence-electron chi connectivity index (χ3n) is 3.43. The number of piperidine rings is 1. The van der Waals surface area contributed by atoms with Crippen molar-refractivity contribution in [1.29, 1.82) is 0 Å². The van der Waals surface area contributed by atoms with E-state index in [0.29, 0.717) is 0 Å². The molecule has 0 bridgehead atoms. The first-order chi connectivity index (χ1) is 8.26. The van der Waals surface area contributed by atoms with Gasteiger partial charge in [0.2, 0.25) is 5.91 Å². The number of likely N-dealkylation sites (tertiary alicyclic amines) is 1. The number of hydrogen-bond acceptors (Lipinski definition) is 3. The molecule has 94 valence electrons. The fourth-order valence-corrected chi connectivity index (χ4v) is 3.35. The zero-order chi connectivity index (χ0) is 12.3. The lowest BCUT2D eigenvalue weighted by molar-refractivity contribution is -0.136. The van der Waals surface area contributed by atoms with Gasteiger partial charge < -0.3 is 10.2 Å². The van der Waals surface area contributed by atoms with E-state index >= 15 is 0 Å². The van der Waals surface area contributed by atoms with Gasteiger partial charge >= 0.3 is 0 Å². The van der Waals surface area contributed by atoms with E-state index in [9.17, 15) is 4.79 Å². The Morgan fingerprint density at radius 2 is 2.41 bits per heavy atom. The van der Waals surface area contributed by atoms with Crippen LogP contribution in [0.15, 0.2) is 11.4 Å². The Balaban J connectivity index is 2.05. The predicted molar refractivity (Wildman–Crippen MR) is 71.2 cm³/mol. The van der Waals surface area contributed by atoms with Crippen molar-refractivity contribution in [3.8, 4) is 0 Å². The predicted octanol–water partition coefficient (Wildman–Crippen LogP) is 2.02. The highest BCUT2D eigenvalue weighted by Gasteiger charge is 2.27. The van der Waals surface area contributed by atoms with Crippen LogP contribution in [0.5, 0.6) is 0 Å². The molecule has 1 aliphatic heterocycles. The molecule has 3 nitrogen and oxygen atoms in total. The van der Waals surface area contributed by atoms with Gasteiger partial charge in [-0.25, -0.2) is 0 Å². The first-order valence-electron chi connectivity index (χ1n) is 6.27. The normalized spacial score (nSPS) is 20.9. The minimum absolute atomic E-state index is 0.0220. The fourth-order valence-electron chi connectivity index (χ4n) is 2.36. The lowest BCUT2D eigenvalue weighted by Crippen LogP contribution is -2.49. The first kappa shape index (κ1) is 12.6. The molecule has 0 radical (unpaired) electrons. The molecule has 1 unspecified atom stereocenters. The Morgan fingerprint density at radius 3 is 3.12 bits per heavy atom. The van der Waals surface area contributed by atoms with Crippen LogP contribution in [0, 0.1) is 0 Å². The van der Waals surface area contributed by atoms with E-state index in [1.54, 1.807) is 11.3 Å². The molecule has 1 aromatic rings. The number of carbonyl (C=O) groups is 1. The standard InChI is InChI=1S/C13H20N2OS/c1-3-10-6-8-17-12(10)9-15-7-4-5-11(14-2)13(15)16/h6,8,11,14H,3-5,7,9H2,1-2H3. The third kappa shape index (κ3) is 2.69. The fraction of sp³-hybridized carbons (Fsp3) is 0.615. The van der Waals surface area contributed by atoms with Gasteiger partial charge in [0.1, 0.15) is 0 Å². The van der Waals surface area contributed by atoms with Crippen LogP contribution < -0.4 is 5.32 Å². The van der Waals surface area contributed by atoms with Crippen LogP contribution in [0.1, 0.15) is 30.2 Å². The van der Waals surface area contributed by atoms with Gasteiger partial charge in [-0.2, -0.15) is 0 Å². The quantitative estimate of drug-likeness (QED) is 0.889. The highest BCUT2D eigenvalue weighted by molar-refractivity contribution is 7.10. The maximum absolute atomic E-state index is 12.2. The number of thiophene rings is 1. The minimum Gasteiger partial charge on any atom is -0.336 e. The summed E-state index contributed by atoms with van der Waals surface area (Å²) in [4.78, 5) is 15.5. The Hall–Kier alpha value is -0.870. The molecule has 1 N–H and O–H groups in total. The molecule has 4 heteroatoms. The van der Waals surface area contributed by atoms with E-state index in [1.165, 1.54) is 10.4 Å². The van der Waals surface area contributed by atoms with Crippen LogP contribution in [0.2, 0.25) is 0 Å². The summed E-state index contributed by atoms with van der Waals surface area (Å²) in [7, 11) is 1.87. The second-order valence-electron chi connectivity index (χ2n) is 4.47. The molecule has 0 aliphatic carbocycles. The van der Waals surface area contributed by atoms with Crippen LogP contribution in [0.4, 0.5) is 0 Å². The monoisotopic (exact) mass is 252 g/mol. The first-order valence-corrected chi connectivity index (χ1v) is 7.15. The molecule has 1 amide bonds. The zero-order valence-corrected chi connectivity index (χ0v) is 11.3. The number of aryl methyl sites for hydroxylation is 1. The van der Waals surface area contributed by atoms with E-state index in [0.717, 1.165) is 32.4 Å². The van der Waals surface area contributed by atoms with Crippen molar-refractivity contribution in [2.75, 3.05) is 13.6 Å². The Labute approximate surface area is 107 Å². The summed E-state index contributed by atoms with van der Waals surface area (Å²) in [6.45, 7) is 3.86. The SMILES string of the molecule is CCc1ccsc1CN1CCCC(NC)C1=O. The third-order valence-corrected chi connectivity index (χ3v) is 4.38. The van der Waals surface area contributed by atoms with Gasteiger partial charge in [-0.1, -0.05) is 6.92 Å². The maximum Gasteiger partial charge on any atom is 0.240 e. The summed E-state index contributed by atoms with van der Waals surface area (Å²) >= 11 is 1.76. The number of likely N-dealkylation sites (N-methyl/N-ethyl adjacent to an activating group) is 1. The molecule has 1 fully saturated rings. The summed E-state index contributed by atoms with van der Waals surface area (Å²) < 4.78 is 0. The molecule has 2 rings (SSSR count). The average Bonchev–Trinajstić information content (AvgIpc) is 2.79. The maximum atomic E-state index is 12.2. The van der Waals surface area contributed by atoms with E-state index in [4.69, 9.17) is 0 Å². The van der Waals surface area contributed by atoms with Crippen LogP contribution in [-0.2, 0) is 17.8 Å². The summed E-state index contributed by atoms with van der Waals surface area (Å²) in [6.07, 6.45) is 3.12. The molecule has 0 aromatic carbocycles. The van der Waals surface area contributed by atoms with Crippen molar-refractivity contribution < 1.29 is 4.79 Å². The van der Waals surface area contributed by atoms with Crippen molar-refractivity contribution in [3.63, 3.8) is 0 Å². The topological polar surface area (TPSA) is 32.3 Å². The van der Waals surface area contributed by atoms with Gasteiger partial charge in [0.15, 0.2) is 0 Å². The van der Waals surface area contributed by atoms with Crippen molar-refractivity contribution in [2.45, 2.75) is 38.8 Å². The van der Waals surface area contributed by atoms with Crippen LogP contribution in [-0.4, -0.2) is 30.4 Å². The number of carbonyl (C=O) groups excluding carboxylic acids is 1. The summed E-state index contributed by atoms with van der Waals surface area (Å²) in [6, 6.07) is 2.19. The van der Waals surface area contributed by atoms with E-state index in [-0.39, 0.29) is 11.9 Å². The second kappa shape index (κ2) is 5.65. The van der Waals surface area contributed by atoms with E-state index in [1.807, 2.05) is 11.9 Å². The molecule has 1 aliphatic rings. The zero-order valence-electron chi connectivity index (χ0n) is 10.5. The van der Waals surface area contributed by atoms with Gasteiger partial charge in [0.25, 0.3) is 0 Å². The number of nitrogens with zero attached hydrogens (tertiary/aromatic N) is 1. The largest absolute Gasteiger partial charge is 0.336 e. The molecule has 1 aromatic heterocycles. The van der Waals surface area contributed by atoms with Crippen molar-refractivity contribution in [2.24, 2.45) is 0 Å². The molecule has 0 spiro atoms. The Bertz CT molecular complexity index is 389. The van der Waals surface area contributed by atoms with Gasteiger partial charge in [-0.15, -0.1) is 11.3 Å².